The first-order chi connectivity index (χ1) is 6.38. The lowest BCUT2D eigenvalue weighted by Crippen LogP contribution is -2.01. The number of hydrogen-bond acceptors (Lipinski definition) is 2. The van der Waals surface area contributed by atoms with Crippen molar-refractivity contribution in [2.45, 2.75) is 19.3 Å². The van der Waals surface area contributed by atoms with Gasteiger partial charge in [-0.25, -0.2) is 4.39 Å². The Kier molecular flexibility index (Phi) is 3.43. The summed E-state index contributed by atoms with van der Waals surface area (Å²) in [5, 5.41) is 0. The zero-order valence-corrected chi connectivity index (χ0v) is 8.58. The highest BCUT2D eigenvalue weighted by Crippen LogP contribution is 2.34. The maximum atomic E-state index is 12.7. The van der Waals surface area contributed by atoms with E-state index in [1.165, 1.54) is 31.2 Å². The molecule has 0 aliphatic carbocycles. The second kappa shape index (κ2) is 4.22. The molecule has 14 heavy (non-hydrogen) atoms. The van der Waals surface area contributed by atoms with Crippen molar-refractivity contribution >= 4 is 7.60 Å². The van der Waals surface area contributed by atoms with Crippen LogP contribution in [0.3, 0.4) is 0 Å². The van der Waals surface area contributed by atoms with Crippen LogP contribution in [0.5, 0.6) is 0 Å². The van der Waals surface area contributed by atoms with Crippen LogP contribution in [0.2, 0.25) is 0 Å². The Hall–Kier alpha value is -0.700. The molecule has 2 unspecified atom stereocenters. The summed E-state index contributed by atoms with van der Waals surface area (Å²) >= 11 is 0. The van der Waals surface area contributed by atoms with E-state index in [1.807, 2.05) is 0 Å². The molecule has 0 bridgehead atoms. The Morgan fingerprint density at radius 1 is 1.50 bits per heavy atom. The third kappa shape index (κ3) is 3.58. The van der Waals surface area contributed by atoms with Gasteiger partial charge in [0.25, 0.3) is 0 Å². The number of halogens is 1. The minimum absolute atomic E-state index is 0.409. The largest absolute Gasteiger partial charge is 0.778 e. The molecule has 0 radical (unpaired) electrons. The van der Waals surface area contributed by atoms with Crippen LogP contribution < -0.4 is 4.89 Å². The lowest BCUT2D eigenvalue weighted by Gasteiger charge is -2.15. The van der Waals surface area contributed by atoms with Gasteiger partial charge in [-0.15, -0.1) is 0 Å². The topological polar surface area (TPSA) is 60.4 Å². The molecule has 2 atom stereocenters. The molecule has 0 aliphatic heterocycles. The van der Waals surface area contributed by atoms with E-state index in [0.717, 1.165) is 0 Å². The average molecular weight is 217 g/mol. The molecule has 0 saturated carbocycles. The van der Waals surface area contributed by atoms with Crippen LogP contribution in [-0.4, -0.2) is 4.89 Å². The van der Waals surface area contributed by atoms with Crippen molar-refractivity contribution in [1.82, 2.24) is 0 Å². The summed E-state index contributed by atoms with van der Waals surface area (Å²) in [4.78, 5) is 19.1. The number of rotatable bonds is 3. The van der Waals surface area contributed by atoms with Crippen LogP contribution in [0.25, 0.3) is 0 Å². The maximum Gasteiger partial charge on any atom is 0.136 e. The molecular formula is C9H11FO3P-. The molecule has 1 N–H and O–H groups in total. The van der Waals surface area contributed by atoms with E-state index < -0.39 is 19.9 Å². The summed E-state index contributed by atoms with van der Waals surface area (Å²) in [5.41, 5.74) is 0.947. The molecule has 1 aromatic carbocycles. The first kappa shape index (κ1) is 11.4. The third-order valence-electron chi connectivity index (χ3n) is 1.82. The first-order valence-corrected chi connectivity index (χ1v) is 5.90. The highest BCUT2D eigenvalue weighted by Gasteiger charge is 2.05. The normalized spacial score (nSPS) is 17.4. The zero-order chi connectivity index (χ0) is 10.8. The van der Waals surface area contributed by atoms with Gasteiger partial charge < -0.3 is 14.4 Å². The number of benzene rings is 1. The molecule has 0 aromatic heterocycles. The Bertz CT molecular complexity index is 342. The van der Waals surface area contributed by atoms with Crippen molar-refractivity contribution in [3.05, 3.63) is 35.4 Å². The smallest absolute Gasteiger partial charge is 0.136 e. The van der Waals surface area contributed by atoms with E-state index in [0.29, 0.717) is 11.1 Å². The van der Waals surface area contributed by atoms with Gasteiger partial charge in [0.2, 0.25) is 0 Å². The van der Waals surface area contributed by atoms with Crippen LogP contribution in [-0.2, 0) is 10.7 Å². The number of alkyl halides is 1. The van der Waals surface area contributed by atoms with E-state index in [2.05, 4.69) is 0 Å². The lowest BCUT2D eigenvalue weighted by atomic mass is 10.1. The van der Waals surface area contributed by atoms with Gasteiger partial charge in [-0.3, -0.25) is 0 Å². The van der Waals surface area contributed by atoms with Crippen molar-refractivity contribution in [1.29, 1.82) is 0 Å². The van der Waals surface area contributed by atoms with Gasteiger partial charge in [-0.2, -0.15) is 0 Å². The fourth-order valence-corrected chi connectivity index (χ4v) is 1.79. The molecule has 0 amide bonds. The average Bonchev–Trinajstić information content (AvgIpc) is 2.02. The summed E-state index contributed by atoms with van der Waals surface area (Å²) in [6.45, 7) is 1.40. The van der Waals surface area contributed by atoms with Gasteiger partial charge in [-0.05, 0) is 18.1 Å². The molecule has 1 aromatic rings. The lowest BCUT2D eigenvalue weighted by molar-refractivity contribution is -0.194. The SMILES string of the molecule is CC(F)c1ccc(CP(=O)([O-])O)cc1. The summed E-state index contributed by atoms with van der Waals surface area (Å²) in [6, 6.07) is 6.00. The molecule has 0 spiro atoms. The van der Waals surface area contributed by atoms with Gasteiger partial charge in [-0.1, -0.05) is 24.3 Å². The summed E-state index contributed by atoms with van der Waals surface area (Å²) < 4.78 is 23.3. The quantitative estimate of drug-likeness (QED) is 0.784. The van der Waals surface area contributed by atoms with Crippen LogP contribution in [0.4, 0.5) is 4.39 Å². The van der Waals surface area contributed by atoms with Gasteiger partial charge in [0.05, 0.1) is 0 Å². The number of hydrogen-bond donors (Lipinski definition) is 1. The fourth-order valence-electron chi connectivity index (χ4n) is 1.12. The van der Waals surface area contributed by atoms with E-state index in [1.54, 1.807) is 0 Å². The highest BCUT2D eigenvalue weighted by atomic mass is 31.2. The zero-order valence-electron chi connectivity index (χ0n) is 7.68. The van der Waals surface area contributed by atoms with Crippen molar-refractivity contribution in [3.8, 4) is 0 Å². The standard InChI is InChI=1S/C9H12FO3P/c1-7(10)9-4-2-8(3-5-9)6-14(11,12)13/h2-5,7H,6H2,1H3,(H2,11,12,13)/p-1. The molecule has 0 fully saturated rings. The van der Waals surface area contributed by atoms with Gasteiger partial charge >= 0.3 is 0 Å². The monoisotopic (exact) mass is 217 g/mol. The third-order valence-corrected chi connectivity index (χ3v) is 2.59. The van der Waals surface area contributed by atoms with Crippen molar-refractivity contribution in [2.75, 3.05) is 0 Å². The summed E-state index contributed by atoms with van der Waals surface area (Å²) in [5.74, 6) is 0. The van der Waals surface area contributed by atoms with E-state index in [4.69, 9.17) is 4.89 Å². The Morgan fingerprint density at radius 3 is 2.36 bits per heavy atom. The molecular weight excluding hydrogens is 206 g/mol. The van der Waals surface area contributed by atoms with Gasteiger partial charge in [0, 0.05) is 6.16 Å². The maximum absolute atomic E-state index is 12.7. The van der Waals surface area contributed by atoms with Gasteiger partial charge in [0.15, 0.2) is 0 Å². The predicted octanol–water partition coefficient (Wildman–Crippen LogP) is 1.76. The minimum atomic E-state index is -4.27. The molecule has 3 nitrogen and oxygen atoms in total. The highest BCUT2D eigenvalue weighted by molar-refractivity contribution is 7.49. The fraction of sp³-hybridized carbons (Fsp3) is 0.333. The summed E-state index contributed by atoms with van der Waals surface area (Å²) in [7, 11) is -4.27. The van der Waals surface area contributed by atoms with E-state index in [9.17, 15) is 13.8 Å². The first-order valence-electron chi connectivity index (χ1n) is 4.14. The van der Waals surface area contributed by atoms with Crippen LogP contribution in [0.1, 0.15) is 24.2 Å². The predicted molar refractivity (Wildman–Crippen MR) is 49.5 cm³/mol. The van der Waals surface area contributed by atoms with E-state index in [-0.39, 0.29) is 0 Å². The van der Waals surface area contributed by atoms with Crippen molar-refractivity contribution in [3.63, 3.8) is 0 Å². The molecule has 1 rings (SSSR count). The molecule has 5 heteroatoms. The molecule has 0 aliphatic rings. The molecule has 0 saturated heterocycles. The Morgan fingerprint density at radius 2 is 2.00 bits per heavy atom. The Balaban J connectivity index is 2.79. The van der Waals surface area contributed by atoms with Crippen molar-refractivity contribution in [2.24, 2.45) is 0 Å². The van der Waals surface area contributed by atoms with Crippen LogP contribution in [0.15, 0.2) is 24.3 Å². The summed E-state index contributed by atoms with van der Waals surface area (Å²) in [6.07, 6.45) is -1.48. The second-order valence-corrected chi connectivity index (χ2v) is 4.74. The van der Waals surface area contributed by atoms with Crippen LogP contribution >= 0.6 is 7.60 Å². The second-order valence-electron chi connectivity index (χ2n) is 3.15. The van der Waals surface area contributed by atoms with Crippen molar-refractivity contribution < 1.29 is 18.7 Å². The van der Waals surface area contributed by atoms with Gasteiger partial charge in [0.1, 0.15) is 13.8 Å². The molecule has 78 valence electrons. The van der Waals surface area contributed by atoms with Crippen LogP contribution in [0, 0.1) is 0 Å². The van der Waals surface area contributed by atoms with E-state index >= 15 is 0 Å². The Labute approximate surface area is 81.7 Å². The minimum Gasteiger partial charge on any atom is -0.778 e. The molecule has 0 heterocycles.